The topological polar surface area (TPSA) is 0 Å². The minimum Gasteiger partial charge on any atom is -0.135 e. The summed E-state index contributed by atoms with van der Waals surface area (Å²) in [7, 11) is 0. The summed E-state index contributed by atoms with van der Waals surface area (Å²) in [6.07, 6.45) is 0. The van der Waals surface area contributed by atoms with Gasteiger partial charge in [-0.3, -0.25) is 0 Å². The summed E-state index contributed by atoms with van der Waals surface area (Å²) in [6.45, 7) is 0. The fourth-order valence-corrected chi connectivity index (χ4v) is 13.2. The van der Waals surface area contributed by atoms with Crippen LogP contribution in [-0.2, 0) is 5.41 Å². The van der Waals surface area contributed by atoms with Crippen LogP contribution in [0.1, 0.15) is 22.3 Å². The van der Waals surface area contributed by atoms with Crippen molar-refractivity contribution in [2.45, 2.75) is 5.41 Å². The van der Waals surface area contributed by atoms with Gasteiger partial charge in [0.05, 0.1) is 5.41 Å². The van der Waals surface area contributed by atoms with Crippen LogP contribution in [0.25, 0.3) is 119 Å². The van der Waals surface area contributed by atoms with E-state index in [1.165, 1.54) is 141 Å². The SMILES string of the molecule is c1ccc2c(c1)-c1ccccc1C21c2cc3ccccc3cc2-c2cc3ccc(-c4c5ccccc5c(-c5ccc6sc7cc8ccccc8cc7c6c5)c5ccccc45)cc3cc21. The molecule has 15 rings (SSSR count). The second-order valence-electron chi connectivity index (χ2n) is 17.9. The smallest absolute Gasteiger partial charge is 0.0725 e. The Balaban J connectivity index is 0.974. The largest absolute Gasteiger partial charge is 0.135 e. The molecule has 2 aliphatic carbocycles. The first-order valence-corrected chi connectivity index (χ1v) is 23.1. The Morgan fingerprint density at radius 2 is 0.688 bits per heavy atom. The highest BCUT2D eigenvalue weighted by atomic mass is 32.1. The van der Waals surface area contributed by atoms with Gasteiger partial charge >= 0.3 is 0 Å². The fourth-order valence-electron chi connectivity index (χ4n) is 12.1. The highest BCUT2D eigenvalue weighted by Gasteiger charge is 2.51. The number of rotatable bonds is 2. The van der Waals surface area contributed by atoms with E-state index in [-0.39, 0.29) is 0 Å². The number of hydrogen-bond acceptors (Lipinski definition) is 1. The van der Waals surface area contributed by atoms with E-state index >= 15 is 0 Å². The molecule has 0 fully saturated rings. The third kappa shape index (κ3) is 4.51. The molecule has 64 heavy (non-hydrogen) atoms. The zero-order chi connectivity index (χ0) is 41.7. The predicted octanol–water partition coefficient (Wildman–Crippen LogP) is 17.5. The van der Waals surface area contributed by atoms with Gasteiger partial charge < -0.3 is 0 Å². The Bertz CT molecular complexity index is 4100. The van der Waals surface area contributed by atoms with Crippen molar-refractivity contribution in [2.75, 3.05) is 0 Å². The second-order valence-corrected chi connectivity index (χ2v) is 19.0. The first kappa shape index (κ1) is 34.7. The van der Waals surface area contributed by atoms with Gasteiger partial charge in [0.2, 0.25) is 0 Å². The van der Waals surface area contributed by atoms with Crippen LogP contribution < -0.4 is 0 Å². The number of benzene rings is 12. The molecular weight excluding hydrogens is 789 g/mol. The molecule has 0 saturated carbocycles. The summed E-state index contributed by atoms with van der Waals surface area (Å²) >= 11 is 1.89. The molecule has 1 heteroatoms. The molecule has 2 aliphatic rings. The average Bonchev–Trinajstić information content (AvgIpc) is 3.95. The van der Waals surface area contributed by atoms with Gasteiger partial charge in [-0.25, -0.2) is 0 Å². The average molecular weight is 825 g/mol. The van der Waals surface area contributed by atoms with E-state index in [0.717, 1.165) is 0 Å². The van der Waals surface area contributed by atoms with Crippen molar-refractivity contribution in [1.82, 2.24) is 0 Å². The summed E-state index contributed by atoms with van der Waals surface area (Å²) in [5, 5.41) is 15.4. The van der Waals surface area contributed by atoms with Crippen molar-refractivity contribution in [3.8, 4) is 44.5 Å². The Hall–Kier alpha value is -7.84. The van der Waals surface area contributed by atoms with E-state index < -0.39 is 5.41 Å². The normalized spacial score (nSPS) is 13.4. The van der Waals surface area contributed by atoms with E-state index in [1.54, 1.807) is 0 Å². The number of thiophene rings is 1. The van der Waals surface area contributed by atoms with Gasteiger partial charge in [-0.2, -0.15) is 0 Å². The lowest BCUT2D eigenvalue weighted by molar-refractivity contribution is 0.796. The first-order chi connectivity index (χ1) is 31.7. The molecule has 0 unspecified atom stereocenters. The maximum absolute atomic E-state index is 2.54. The van der Waals surface area contributed by atoms with E-state index in [4.69, 9.17) is 0 Å². The molecule has 0 nitrogen and oxygen atoms in total. The van der Waals surface area contributed by atoms with Crippen molar-refractivity contribution in [3.05, 3.63) is 241 Å². The van der Waals surface area contributed by atoms with Crippen LogP contribution >= 0.6 is 11.3 Å². The van der Waals surface area contributed by atoms with Crippen molar-refractivity contribution in [2.24, 2.45) is 0 Å². The van der Waals surface area contributed by atoms with Crippen LogP contribution in [0.2, 0.25) is 0 Å². The lowest BCUT2D eigenvalue weighted by Gasteiger charge is -2.30. The van der Waals surface area contributed by atoms with Gasteiger partial charge in [-0.15, -0.1) is 11.3 Å². The zero-order valence-electron chi connectivity index (χ0n) is 34.7. The van der Waals surface area contributed by atoms with Crippen LogP contribution in [0.3, 0.4) is 0 Å². The molecule has 0 aliphatic heterocycles. The molecule has 0 bridgehead atoms. The van der Waals surface area contributed by atoms with Crippen LogP contribution in [-0.4, -0.2) is 0 Å². The molecule has 294 valence electrons. The molecule has 12 aromatic carbocycles. The Morgan fingerprint density at radius 3 is 1.30 bits per heavy atom. The van der Waals surface area contributed by atoms with Gasteiger partial charge in [-0.1, -0.05) is 164 Å². The first-order valence-electron chi connectivity index (χ1n) is 22.3. The quantitative estimate of drug-likeness (QED) is 0.152. The summed E-state index contributed by atoms with van der Waals surface area (Å²) in [5.41, 5.74) is 15.5. The number of hydrogen-bond donors (Lipinski definition) is 0. The van der Waals surface area contributed by atoms with Crippen molar-refractivity contribution >= 4 is 85.4 Å². The third-order valence-electron chi connectivity index (χ3n) is 14.8. The molecule has 0 radical (unpaired) electrons. The van der Waals surface area contributed by atoms with Gasteiger partial charge in [0, 0.05) is 20.2 Å². The second kappa shape index (κ2) is 12.6. The summed E-state index contributed by atoms with van der Waals surface area (Å²) in [4.78, 5) is 0. The summed E-state index contributed by atoms with van der Waals surface area (Å²) in [6, 6.07) is 83.0. The standard InChI is InChI=1S/C63H36S/c1-3-15-39-34-57-51(30-37(39)13-1)52-31-41-25-26-42(29-44(41)35-58(52)63(57)55-23-11-9-17-45(55)46-18-10-12-24-56(46)63)61-47-19-5-7-21-49(47)62(50-22-8-6-20-48(50)61)43-27-28-59-53(33-43)54-32-38-14-2-4-16-40(38)36-60(54)64-59/h1-36H. The highest BCUT2D eigenvalue weighted by Crippen LogP contribution is 2.63. The molecule has 0 amide bonds. The molecule has 0 atom stereocenters. The maximum atomic E-state index is 2.54. The molecule has 0 saturated heterocycles. The van der Waals surface area contributed by atoms with E-state index in [2.05, 4.69) is 218 Å². The lowest BCUT2D eigenvalue weighted by atomic mass is 9.70. The Labute approximate surface area is 373 Å². The van der Waals surface area contributed by atoms with Crippen LogP contribution in [0.4, 0.5) is 0 Å². The Morgan fingerprint density at radius 1 is 0.250 bits per heavy atom. The van der Waals surface area contributed by atoms with Gasteiger partial charge in [0.15, 0.2) is 0 Å². The van der Waals surface area contributed by atoms with Crippen molar-refractivity contribution < 1.29 is 0 Å². The zero-order valence-corrected chi connectivity index (χ0v) is 35.5. The van der Waals surface area contributed by atoms with E-state index in [0.29, 0.717) is 0 Å². The van der Waals surface area contributed by atoms with Gasteiger partial charge in [-0.05, 0) is 175 Å². The van der Waals surface area contributed by atoms with Crippen LogP contribution in [0.5, 0.6) is 0 Å². The molecule has 1 heterocycles. The molecule has 13 aromatic rings. The van der Waals surface area contributed by atoms with Crippen molar-refractivity contribution in [1.29, 1.82) is 0 Å². The fraction of sp³-hybridized carbons (Fsp3) is 0.0159. The summed E-state index contributed by atoms with van der Waals surface area (Å²) in [5.74, 6) is 0. The Kier molecular flexibility index (Phi) is 6.85. The minimum atomic E-state index is -0.422. The van der Waals surface area contributed by atoms with Crippen LogP contribution in [0, 0.1) is 0 Å². The molecule has 0 N–H and O–H groups in total. The van der Waals surface area contributed by atoms with E-state index in [9.17, 15) is 0 Å². The molecular formula is C63H36S. The van der Waals surface area contributed by atoms with Gasteiger partial charge in [0.1, 0.15) is 0 Å². The maximum Gasteiger partial charge on any atom is 0.0725 e. The highest BCUT2D eigenvalue weighted by molar-refractivity contribution is 7.25. The van der Waals surface area contributed by atoms with Gasteiger partial charge in [0.25, 0.3) is 0 Å². The molecule has 1 aromatic heterocycles. The van der Waals surface area contributed by atoms with Crippen LogP contribution in [0.15, 0.2) is 218 Å². The number of fused-ring (bicyclic) bond motifs is 18. The monoisotopic (exact) mass is 824 g/mol. The predicted molar refractivity (Wildman–Crippen MR) is 274 cm³/mol. The van der Waals surface area contributed by atoms with E-state index in [1.807, 2.05) is 11.3 Å². The molecule has 1 spiro atoms. The third-order valence-corrected chi connectivity index (χ3v) is 15.9. The minimum absolute atomic E-state index is 0.422. The summed E-state index contributed by atoms with van der Waals surface area (Å²) < 4.78 is 2.66. The van der Waals surface area contributed by atoms with Crippen molar-refractivity contribution in [3.63, 3.8) is 0 Å². The lowest BCUT2D eigenvalue weighted by Crippen LogP contribution is -2.25.